The summed E-state index contributed by atoms with van der Waals surface area (Å²) in [5, 5.41) is 5.94. The minimum atomic E-state index is -0.0803. The molecule has 0 aliphatic rings. The Morgan fingerprint density at radius 2 is 1.81 bits per heavy atom. The highest BCUT2D eigenvalue weighted by atomic mass is 16.5. The zero-order valence-corrected chi connectivity index (χ0v) is 12.3. The van der Waals surface area contributed by atoms with Crippen LogP contribution in [-0.2, 0) is 6.54 Å². The van der Waals surface area contributed by atoms with Gasteiger partial charge in [-0.2, -0.15) is 0 Å². The van der Waals surface area contributed by atoms with Crippen molar-refractivity contribution in [2.45, 2.75) is 13.5 Å². The topological polar surface area (TPSA) is 50.4 Å². The van der Waals surface area contributed by atoms with Crippen LogP contribution in [0, 0.1) is 0 Å². The number of carbonyl (C=O) groups excluding carboxylic acids is 1. The highest BCUT2D eigenvalue weighted by Crippen LogP contribution is 2.19. The van der Waals surface area contributed by atoms with Gasteiger partial charge in [-0.05, 0) is 37.3 Å². The normalized spacial score (nSPS) is 10.0. The van der Waals surface area contributed by atoms with Gasteiger partial charge in [0.05, 0.1) is 6.61 Å². The molecule has 4 heteroatoms. The number of hydrogen-bond donors (Lipinski definition) is 2. The van der Waals surface area contributed by atoms with Crippen molar-refractivity contribution >= 4 is 11.6 Å². The zero-order chi connectivity index (χ0) is 15.1. The van der Waals surface area contributed by atoms with Crippen molar-refractivity contribution in [1.29, 1.82) is 0 Å². The molecule has 4 nitrogen and oxygen atoms in total. The van der Waals surface area contributed by atoms with E-state index in [4.69, 9.17) is 4.74 Å². The Morgan fingerprint density at radius 1 is 1.10 bits per heavy atom. The van der Waals surface area contributed by atoms with Gasteiger partial charge in [0.2, 0.25) is 0 Å². The lowest BCUT2D eigenvalue weighted by Crippen LogP contribution is -2.17. The van der Waals surface area contributed by atoms with E-state index in [2.05, 4.69) is 10.6 Å². The molecule has 0 atom stereocenters. The van der Waals surface area contributed by atoms with E-state index in [1.54, 1.807) is 19.2 Å². The number of amides is 1. The summed E-state index contributed by atoms with van der Waals surface area (Å²) >= 11 is 0. The Balaban J connectivity index is 2.01. The van der Waals surface area contributed by atoms with Crippen LogP contribution < -0.4 is 15.4 Å². The summed E-state index contributed by atoms with van der Waals surface area (Å²) in [7, 11) is 1.62. The fourth-order valence-corrected chi connectivity index (χ4v) is 2.03. The third-order valence-electron chi connectivity index (χ3n) is 3.13. The molecule has 0 aromatic heterocycles. The number of hydrogen-bond acceptors (Lipinski definition) is 3. The van der Waals surface area contributed by atoms with Crippen molar-refractivity contribution in [3.05, 3.63) is 59.7 Å². The fourth-order valence-electron chi connectivity index (χ4n) is 2.03. The average Bonchev–Trinajstić information content (AvgIpc) is 2.54. The Kier molecular flexibility index (Phi) is 5.21. The van der Waals surface area contributed by atoms with E-state index in [-0.39, 0.29) is 5.91 Å². The Morgan fingerprint density at radius 3 is 2.48 bits per heavy atom. The molecule has 0 unspecified atom stereocenters. The third-order valence-corrected chi connectivity index (χ3v) is 3.13. The number of benzene rings is 2. The largest absolute Gasteiger partial charge is 0.494 e. The van der Waals surface area contributed by atoms with Crippen molar-refractivity contribution in [3.8, 4) is 5.75 Å². The molecular weight excluding hydrogens is 264 g/mol. The summed E-state index contributed by atoms with van der Waals surface area (Å²) < 4.78 is 5.60. The zero-order valence-electron chi connectivity index (χ0n) is 12.3. The second-order valence-corrected chi connectivity index (χ2v) is 4.55. The lowest BCUT2D eigenvalue weighted by molar-refractivity contribution is 0.0963. The lowest BCUT2D eigenvalue weighted by Gasteiger charge is -2.12. The molecule has 2 N–H and O–H groups in total. The second kappa shape index (κ2) is 7.33. The van der Waals surface area contributed by atoms with Crippen molar-refractivity contribution in [3.63, 3.8) is 0 Å². The van der Waals surface area contributed by atoms with Crippen LogP contribution in [-0.4, -0.2) is 19.6 Å². The molecular formula is C17H20N2O2. The molecule has 110 valence electrons. The van der Waals surface area contributed by atoms with E-state index < -0.39 is 0 Å². The molecule has 0 heterocycles. The standard InChI is InChI=1S/C17H20N2O2/c1-3-21-16-7-5-4-6-14(16)12-19-15-10-8-13(9-11-15)17(20)18-2/h4-11,19H,3,12H2,1-2H3,(H,18,20). The van der Waals surface area contributed by atoms with Gasteiger partial charge in [-0.1, -0.05) is 18.2 Å². The predicted molar refractivity (Wildman–Crippen MR) is 84.8 cm³/mol. The van der Waals surface area contributed by atoms with E-state index >= 15 is 0 Å². The molecule has 0 saturated carbocycles. The molecule has 0 spiro atoms. The highest BCUT2D eigenvalue weighted by molar-refractivity contribution is 5.94. The molecule has 0 aliphatic heterocycles. The van der Waals surface area contributed by atoms with Crippen LogP contribution in [0.5, 0.6) is 5.75 Å². The lowest BCUT2D eigenvalue weighted by atomic mass is 10.1. The second-order valence-electron chi connectivity index (χ2n) is 4.55. The minimum Gasteiger partial charge on any atom is -0.494 e. The summed E-state index contributed by atoms with van der Waals surface area (Å²) in [5.41, 5.74) is 2.72. The average molecular weight is 284 g/mol. The van der Waals surface area contributed by atoms with Crippen molar-refractivity contribution in [2.24, 2.45) is 0 Å². The maximum Gasteiger partial charge on any atom is 0.251 e. The molecule has 0 fully saturated rings. The Bertz CT molecular complexity index is 594. The van der Waals surface area contributed by atoms with Gasteiger partial charge in [0.25, 0.3) is 5.91 Å². The smallest absolute Gasteiger partial charge is 0.251 e. The molecule has 2 rings (SSSR count). The van der Waals surface area contributed by atoms with Gasteiger partial charge in [-0.25, -0.2) is 0 Å². The minimum absolute atomic E-state index is 0.0803. The monoisotopic (exact) mass is 284 g/mol. The number of rotatable bonds is 6. The maximum absolute atomic E-state index is 11.5. The summed E-state index contributed by atoms with van der Waals surface area (Å²) in [6.07, 6.45) is 0. The molecule has 0 aliphatic carbocycles. The van der Waals surface area contributed by atoms with Gasteiger partial charge in [0.15, 0.2) is 0 Å². The fraction of sp³-hybridized carbons (Fsp3) is 0.235. The number of nitrogens with one attached hydrogen (secondary N) is 2. The first-order chi connectivity index (χ1) is 10.2. The van der Waals surface area contributed by atoms with Crippen LogP contribution in [0.2, 0.25) is 0 Å². The molecule has 2 aromatic carbocycles. The quantitative estimate of drug-likeness (QED) is 0.857. The number of anilines is 1. The van der Waals surface area contributed by atoms with Gasteiger partial charge >= 0.3 is 0 Å². The van der Waals surface area contributed by atoms with E-state index in [1.807, 2.05) is 43.3 Å². The molecule has 0 saturated heterocycles. The van der Waals surface area contributed by atoms with Crippen LogP contribution in [0.25, 0.3) is 0 Å². The molecule has 0 radical (unpaired) electrons. The van der Waals surface area contributed by atoms with Crippen molar-refractivity contribution in [2.75, 3.05) is 19.0 Å². The first-order valence-corrected chi connectivity index (χ1v) is 7.01. The first-order valence-electron chi connectivity index (χ1n) is 7.01. The molecule has 0 bridgehead atoms. The van der Waals surface area contributed by atoms with Gasteiger partial charge in [0.1, 0.15) is 5.75 Å². The summed E-state index contributed by atoms with van der Waals surface area (Å²) in [6, 6.07) is 15.4. The Hall–Kier alpha value is -2.49. The van der Waals surface area contributed by atoms with Crippen molar-refractivity contribution in [1.82, 2.24) is 5.32 Å². The predicted octanol–water partition coefficient (Wildman–Crippen LogP) is 3.06. The SMILES string of the molecule is CCOc1ccccc1CNc1ccc(C(=O)NC)cc1. The van der Waals surface area contributed by atoms with Crippen molar-refractivity contribution < 1.29 is 9.53 Å². The summed E-state index contributed by atoms with van der Waals surface area (Å²) in [5.74, 6) is 0.817. The summed E-state index contributed by atoms with van der Waals surface area (Å²) in [4.78, 5) is 11.5. The van der Waals surface area contributed by atoms with Crippen LogP contribution in [0.3, 0.4) is 0 Å². The van der Waals surface area contributed by atoms with E-state index in [1.165, 1.54) is 0 Å². The number of carbonyl (C=O) groups is 1. The van der Waals surface area contributed by atoms with Crippen LogP contribution in [0.15, 0.2) is 48.5 Å². The van der Waals surface area contributed by atoms with Crippen LogP contribution in [0.4, 0.5) is 5.69 Å². The summed E-state index contributed by atoms with van der Waals surface area (Å²) in [6.45, 7) is 3.30. The third kappa shape index (κ3) is 3.99. The molecule has 2 aromatic rings. The first kappa shape index (κ1) is 14.9. The van der Waals surface area contributed by atoms with E-state index in [9.17, 15) is 4.79 Å². The molecule has 1 amide bonds. The van der Waals surface area contributed by atoms with Gasteiger partial charge in [-0.3, -0.25) is 4.79 Å². The number of ether oxygens (including phenoxy) is 1. The van der Waals surface area contributed by atoms with Gasteiger partial charge in [0, 0.05) is 30.4 Å². The van der Waals surface area contributed by atoms with Gasteiger partial charge in [-0.15, -0.1) is 0 Å². The number of para-hydroxylation sites is 1. The van der Waals surface area contributed by atoms with Crippen LogP contribution >= 0.6 is 0 Å². The van der Waals surface area contributed by atoms with Gasteiger partial charge < -0.3 is 15.4 Å². The maximum atomic E-state index is 11.5. The van der Waals surface area contributed by atoms with Crippen LogP contribution in [0.1, 0.15) is 22.8 Å². The Labute approximate surface area is 125 Å². The van der Waals surface area contributed by atoms with E-state index in [0.717, 1.165) is 17.0 Å². The molecule has 21 heavy (non-hydrogen) atoms. The van der Waals surface area contributed by atoms with E-state index in [0.29, 0.717) is 18.7 Å². The highest BCUT2D eigenvalue weighted by Gasteiger charge is 2.04.